The number of carbonyl (C=O) groups excluding carboxylic acids is 3. The van der Waals surface area contributed by atoms with E-state index >= 15 is 0 Å². The summed E-state index contributed by atoms with van der Waals surface area (Å²) in [6.07, 6.45) is -0.394. The van der Waals surface area contributed by atoms with Crippen LogP contribution in [0.15, 0.2) is 54.1 Å². The molecule has 2 aromatic rings. The zero-order valence-corrected chi connectivity index (χ0v) is 15.2. The van der Waals surface area contributed by atoms with Crippen molar-refractivity contribution in [3.8, 4) is 5.75 Å². The second kappa shape index (κ2) is 8.22. The van der Waals surface area contributed by atoms with Crippen molar-refractivity contribution in [1.29, 1.82) is 0 Å². The zero-order valence-electron chi connectivity index (χ0n) is 15.2. The highest BCUT2D eigenvalue weighted by atomic mass is 19.3. The molecule has 0 unspecified atom stereocenters. The van der Waals surface area contributed by atoms with Crippen LogP contribution in [-0.2, 0) is 14.3 Å². The Labute approximate surface area is 164 Å². The van der Waals surface area contributed by atoms with Gasteiger partial charge in [-0.05, 0) is 17.7 Å². The maximum atomic E-state index is 12.8. The smallest absolute Gasteiger partial charge is 0.387 e. The molecule has 0 heterocycles. The number of rotatable bonds is 6. The molecule has 29 heavy (non-hydrogen) atoms. The Morgan fingerprint density at radius 3 is 2.38 bits per heavy atom. The predicted molar refractivity (Wildman–Crippen MR) is 97.8 cm³/mol. The summed E-state index contributed by atoms with van der Waals surface area (Å²) < 4.78 is 34.2. The van der Waals surface area contributed by atoms with Crippen molar-refractivity contribution < 1.29 is 37.7 Å². The minimum Gasteiger partial charge on any atom is -0.507 e. The van der Waals surface area contributed by atoms with E-state index in [2.05, 4.69) is 9.47 Å². The summed E-state index contributed by atoms with van der Waals surface area (Å²) >= 11 is 0. The highest BCUT2D eigenvalue weighted by molar-refractivity contribution is 6.52. The molecular weight excluding hydrogens is 386 g/mol. The number of allylic oxidation sites excluding steroid dienone is 1. The van der Waals surface area contributed by atoms with Crippen molar-refractivity contribution in [1.82, 2.24) is 0 Å². The van der Waals surface area contributed by atoms with Gasteiger partial charge in [0, 0.05) is 17.0 Å². The molecule has 0 fully saturated rings. The molecule has 0 aromatic heterocycles. The summed E-state index contributed by atoms with van der Waals surface area (Å²) in [7, 11) is 1.15. The van der Waals surface area contributed by atoms with E-state index in [1.54, 1.807) is 12.1 Å². The molecule has 1 N–H and O–H groups in total. The monoisotopic (exact) mass is 402 g/mol. The Kier molecular flexibility index (Phi) is 5.72. The first kappa shape index (κ1) is 20.2. The molecule has 1 aliphatic rings. The first-order valence-corrected chi connectivity index (χ1v) is 8.56. The van der Waals surface area contributed by atoms with Gasteiger partial charge in [-0.1, -0.05) is 36.4 Å². The molecule has 8 heteroatoms. The number of hydrogen-bond donors (Lipinski definition) is 1. The Morgan fingerprint density at radius 1 is 1.03 bits per heavy atom. The van der Waals surface area contributed by atoms with Gasteiger partial charge in [0.15, 0.2) is 0 Å². The summed E-state index contributed by atoms with van der Waals surface area (Å²) in [6, 6.07) is 11.4. The zero-order chi connectivity index (χ0) is 21.1. The van der Waals surface area contributed by atoms with Gasteiger partial charge in [0.25, 0.3) is 0 Å². The molecule has 2 aromatic carbocycles. The normalized spacial score (nSPS) is 14.6. The van der Waals surface area contributed by atoms with Crippen LogP contribution >= 0.6 is 0 Å². The van der Waals surface area contributed by atoms with Crippen LogP contribution in [0, 0.1) is 0 Å². The lowest BCUT2D eigenvalue weighted by Gasteiger charge is -2.24. The Morgan fingerprint density at radius 2 is 1.72 bits per heavy atom. The van der Waals surface area contributed by atoms with E-state index in [9.17, 15) is 28.3 Å². The van der Waals surface area contributed by atoms with Gasteiger partial charge in [-0.2, -0.15) is 8.78 Å². The van der Waals surface area contributed by atoms with E-state index in [0.29, 0.717) is 0 Å². The lowest BCUT2D eigenvalue weighted by molar-refractivity contribution is -0.140. The summed E-state index contributed by atoms with van der Waals surface area (Å²) in [4.78, 5) is 37.3. The van der Waals surface area contributed by atoms with Crippen molar-refractivity contribution in [2.75, 3.05) is 7.11 Å². The average Bonchev–Trinajstić information content (AvgIpc) is 2.71. The Balaban J connectivity index is 2.16. The third-order valence-corrected chi connectivity index (χ3v) is 4.57. The predicted octanol–water partition coefficient (Wildman–Crippen LogP) is 3.67. The number of hydrogen-bond acceptors (Lipinski definition) is 6. The minimum atomic E-state index is -3.07. The second-order valence-corrected chi connectivity index (χ2v) is 6.25. The number of aliphatic hydroxyl groups excluding tert-OH is 1. The summed E-state index contributed by atoms with van der Waals surface area (Å²) in [5, 5.41) is 10.7. The first-order chi connectivity index (χ1) is 13.8. The van der Waals surface area contributed by atoms with Crippen LogP contribution in [0.1, 0.15) is 33.8 Å². The molecular formula is C21H16F2O6. The molecule has 0 saturated carbocycles. The molecule has 150 valence electrons. The quantitative estimate of drug-likeness (QED) is 0.586. The number of aliphatic hydroxyl groups is 1. The number of carbonyl (C=O) groups is 3. The van der Waals surface area contributed by atoms with Crippen LogP contribution in [0.4, 0.5) is 8.78 Å². The second-order valence-electron chi connectivity index (χ2n) is 6.25. The van der Waals surface area contributed by atoms with Gasteiger partial charge in [-0.3, -0.25) is 14.4 Å². The van der Waals surface area contributed by atoms with Crippen LogP contribution < -0.4 is 4.74 Å². The van der Waals surface area contributed by atoms with Crippen molar-refractivity contribution in [3.05, 3.63) is 70.8 Å². The Hall–Kier alpha value is -3.55. The molecule has 1 aliphatic carbocycles. The number of Topliss-reactive ketones (excluding diaryl/α,β-unsaturated/α-hetero) is 2. The number of esters is 1. The molecule has 0 aliphatic heterocycles. The third-order valence-electron chi connectivity index (χ3n) is 4.57. The fourth-order valence-electron chi connectivity index (χ4n) is 3.25. The van der Waals surface area contributed by atoms with Crippen molar-refractivity contribution in [2.24, 2.45) is 0 Å². The number of ether oxygens (including phenoxy) is 2. The molecule has 0 bridgehead atoms. The number of alkyl halides is 2. The summed E-state index contributed by atoms with van der Waals surface area (Å²) in [5.74, 6) is -4.26. The van der Waals surface area contributed by atoms with E-state index in [1.807, 2.05) is 0 Å². The number of fused-ring (bicyclic) bond motifs is 1. The molecule has 6 nitrogen and oxygen atoms in total. The fourth-order valence-corrected chi connectivity index (χ4v) is 3.25. The van der Waals surface area contributed by atoms with Gasteiger partial charge in [0.2, 0.25) is 11.6 Å². The fraction of sp³-hybridized carbons (Fsp3) is 0.190. The van der Waals surface area contributed by atoms with Crippen LogP contribution in [0.25, 0.3) is 5.76 Å². The molecule has 0 amide bonds. The average molecular weight is 402 g/mol. The van der Waals surface area contributed by atoms with Crippen molar-refractivity contribution in [3.63, 3.8) is 0 Å². The summed E-state index contributed by atoms with van der Waals surface area (Å²) in [6.45, 7) is -3.07. The summed E-state index contributed by atoms with van der Waals surface area (Å²) in [5.41, 5.74) is 0.135. The van der Waals surface area contributed by atoms with Gasteiger partial charge >= 0.3 is 12.6 Å². The highest BCUT2D eigenvalue weighted by Crippen LogP contribution is 2.39. The topological polar surface area (TPSA) is 89.9 Å². The van der Waals surface area contributed by atoms with Gasteiger partial charge in [0.1, 0.15) is 11.5 Å². The molecule has 0 saturated heterocycles. The minimum absolute atomic E-state index is 0.0466. The van der Waals surface area contributed by atoms with Crippen molar-refractivity contribution in [2.45, 2.75) is 19.0 Å². The van der Waals surface area contributed by atoms with Crippen LogP contribution in [0.2, 0.25) is 0 Å². The molecule has 0 spiro atoms. The van der Waals surface area contributed by atoms with E-state index in [0.717, 1.165) is 7.11 Å². The van der Waals surface area contributed by atoms with Crippen molar-refractivity contribution >= 4 is 23.3 Å². The maximum absolute atomic E-state index is 12.8. The van der Waals surface area contributed by atoms with Gasteiger partial charge < -0.3 is 14.6 Å². The van der Waals surface area contributed by atoms with E-state index < -0.39 is 42.2 Å². The molecule has 0 radical (unpaired) electrons. The molecule has 3 rings (SSSR count). The van der Waals surface area contributed by atoms with E-state index in [-0.39, 0.29) is 28.0 Å². The van der Waals surface area contributed by atoms with Gasteiger partial charge in [-0.15, -0.1) is 0 Å². The van der Waals surface area contributed by atoms with Crippen LogP contribution in [0.3, 0.4) is 0 Å². The largest absolute Gasteiger partial charge is 0.507 e. The third kappa shape index (κ3) is 4.01. The number of halogens is 2. The lowest BCUT2D eigenvalue weighted by Crippen LogP contribution is -2.28. The Bertz CT molecular complexity index is 1010. The van der Waals surface area contributed by atoms with Gasteiger partial charge in [0.05, 0.1) is 19.1 Å². The van der Waals surface area contributed by atoms with E-state index in [4.69, 9.17) is 0 Å². The van der Waals surface area contributed by atoms with E-state index in [1.165, 1.54) is 36.4 Å². The maximum Gasteiger partial charge on any atom is 0.387 e. The lowest BCUT2D eigenvalue weighted by atomic mass is 9.78. The first-order valence-electron chi connectivity index (χ1n) is 8.56. The standard InChI is InChI=1S/C21H16F2O6/c1-28-16(24)10-15(11-5-4-6-12(9-11)29-21(22)23)17-18(25)13-7-2-3-8-14(13)19(26)20(17)27/h2-9,15,21,25H,10H2,1H3/t15-/m0/s1. The number of methoxy groups -OCH3 is 1. The van der Waals surface area contributed by atoms with Crippen LogP contribution in [0.5, 0.6) is 5.75 Å². The highest BCUT2D eigenvalue weighted by Gasteiger charge is 2.38. The van der Waals surface area contributed by atoms with Gasteiger partial charge in [-0.25, -0.2) is 0 Å². The number of benzene rings is 2. The van der Waals surface area contributed by atoms with Crippen LogP contribution in [-0.4, -0.2) is 36.4 Å². The number of ketones is 2. The molecule has 1 atom stereocenters. The SMILES string of the molecule is COC(=O)C[C@H](C1=C(O)c2ccccc2C(=O)C1=O)c1cccc(OC(F)F)c1.